The van der Waals surface area contributed by atoms with E-state index >= 15 is 0 Å². The zero-order chi connectivity index (χ0) is 23.8. The number of thiophene rings is 1. The second-order valence-electron chi connectivity index (χ2n) is 8.09. The molecule has 1 aliphatic heterocycles. The van der Waals surface area contributed by atoms with Gasteiger partial charge in [-0.2, -0.15) is 4.31 Å². The normalized spacial score (nSPS) is 17.7. The summed E-state index contributed by atoms with van der Waals surface area (Å²) >= 11 is 14.5. The van der Waals surface area contributed by atoms with Crippen LogP contribution < -0.4 is 4.90 Å². The van der Waals surface area contributed by atoms with Crippen molar-refractivity contribution in [3.63, 3.8) is 0 Å². The predicted octanol–water partition coefficient (Wildman–Crippen LogP) is 4.80. The third kappa shape index (κ3) is 5.37. The number of rotatable bonds is 7. The van der Waals surface area contributed by atoms with E-state index in [0.717, 1.165) is 28.0 Å². The molecular formula is C21H24Cl2N4O3S3. The summed E-state index contributed by atoms with van der Waals surface area (Å²) in [6, 6.07) is 7.69. The fourth-order valence-electron chi connectivity index (χ4n) is 3.77. The van der Waals surface area contributed by atoms with Crippen molar-refractivity contribution in [1.29, 1.82) is 0 Å². The summed E-state index contributed by atoms with van der Waals surface area (Å²) in [6.45, 7) is 1.31. The van der Waals surface area contributed by atoms with Gasteiger partial charge in [-0.25, -0.2) is 13.4 Å². The molecule has 3 heterocycles. The van der Waals surface area contributed by atoms with E-state index in [1.54, 1.807) is 17.0 Å². The fourth-order valence-corrected chi connectivity index (χ4v) is 8.31. The highest BCUT2D eigenvalue weighted by Crippen LogP contribution is 2.35. The summed E-state index contributed by atoms with van der Waals surface area (Å²) in [6.07, 6.45) is 1.95. The molecule has 3 aromatic rings. The van der Waals surface area contributed by atoms with E-state index < -0.39 is 16.1 Å². The minimum atomic E-state index is -3.84. The number of aromatic nitrogens is 1. The summed E-state index contributed by atoms with van der Waals surface area (Å²) in [5.41, 5.74) is 0.753. The van der Waals surface area contributed by atoms with E-state index in [4.69, 9.17) is 23.2 Å². The molecule has 178 valence electrons. The SMILES string of the molecule is CN(C)CCN(C(=O)C1CCCCN1S(=O)(=O)c1ccc(Cl)s1)c1nc2ccc(Cl)cc2s1. The molecule has 1 aliphatic rings. The first-order chi connectivity index (χ1) is 15.7. The number of thiazole rings is 1. The Morgan fingerprint density at radius 3 is 2.64 bits per heavy atom. The Kier molecular flexibility index (Phi) is 7.64. The van der Waals surface area contributed by atoms with Crippen LogP contribution in [0.5, 0.6) is 0 Å². The Hall–Kier alpha value is -1.27. The van der Waals surface area contributed by atoms with Crippen LogP contribution in [0.3, 0.4) is 0 Å². The van der Waals surface area contributed by atoms with Crippen LogP contribution in [0.1, 0.15) is 19.3 Å². The van der Waals surface area contributed by atoms with Gasteiger partial charge in [0.25, 0.3) is 10.0 Å². The summed E-state index contributed by atoms with van der Waals surface area (Å²) in [5.74, 6) is -0.257. The second kappa shape index (κ2) is 10.2. The van der Waals surface area contributed by atoms with Gasteiger partial charge in [-0.05, 0) is 57.3 Å². The lowest BCUT2D eigenvalue weighted by Crippen LogP contribution is -2.53. The predicted molar refractivity (Wildman–Crippen MR) is 136 cm³/mol. The maximum Gasteiger partial charge on any atom is 0.253 e. The third-order valence-electron chi connectivity index (χ3n) is 5.46. The number of halogens is 2. The molecule has 33 heavy (non-hydrogen) atoms. The Morgan fingerprint density at radius 2 is 1.94 bits per heavy atom. The lowest BCUT2D eigenvalue weighted by Gasteiger charge is -2.36. The van der Waals surface area contributed by atoms with Crippen LogP contribution >= 0.6 is 45.9 Å². The summed E-state index contributed by atoms with van der Waals surface area (Å²) in [5, 5.41) is 1.14. The molecule has 0 bridgehead atoms. The number of hydrogen-bond acceptors (Lipinski definition) is 7. The minimum Gasteiger partial charge on any atom is -0.308 e. The molecule has 0 N–H and O–H groups in total. The number of fused-ring (bicyclic) bond motifs is 1. The van der Waals surface area contributed by atoms with Crippen molar-refractivity contribution in [2.75, 3.05) is 38.6 Å². The lowest BCUT2D eigenvalue weighted by molar-refractivity contribution is -0.123. The molecule has 1 amide bonds. The topological polar surface area (TPSA) is 73.8 Å². The maximum atomic E-state index is 13.9. The van der Waals surface area contributed by atoms with Gasteiger partial charge in [0.05, 0.1) is 14.6 Å². The molecule has 0 radical (unpaired) electrons. The van der Waals surface area contributed by atoms with E-state index in [9.17, 15) is 13.2 Å². The van der Waals surface area contributed by atoms with Gasteiger partial charge in [0.2, 0.25) is 5.91 Å². The number of carbonyl (C=O) groups is 1. The number of nitrogens with zero attached hydrogens (tertiary/aromatic N) is 4. The van der Waals surface area contributed by atoms with E-state index in [0.29, 0.717) is 47.0 Å². The van der Waals surface area contributed by atoms with Crippen LogP contribution in [0.2, 0.25) is 9.36 Å². The lowest BCUT2D eigenvalue weighted by atomic mass is 10.0. The van der Waals surface area contributed by atoms with Gasteiger partial charge >= 0.3 is 0 Å². The highest BCUT2D eigenvalue weighted by molar-refractivity contribution is 7.91. The van der Waals surface area contributed by atoms with Crippen LogP contribution in [0.25, 0.3) is 10.2 Å². The number of sulfonamides is 1. The zero-order valence-corrected chi connectivity index (χ0v) is 22.2. The molecule has 0 saturated carbocycles. The number of carbonyl (C=O) groups excluding carboxylic acids is 1. The average molecular weight is 548 g/mol. The first kappa shape index (κ1) is 24.8. The number of anilines is 1. The summed E-state index contributed by atoms with van der Waals surface area (Å²) < 4.78 is 29.5. The first-order valence-electron chi connectivity index (χ1n) is 10.5. The molecule has 7 nitrogen and oxygen atoms in total. The summed E-state index contributed by atoms with van der Waals surface area (Å²) in [7, 11) is 0.0209. The van der Waals surface area contributed by atoms with Gasteiger partial charge < -0.3 is 4.90 Å². The van der Waals surface area contributed by atoms with Gasteiger partial charge in [0.15, 0.2) is 5.13 Å². The quantitative estimate of drug-likeness (QED) is 0.425. The highest BCUT2D eigenvalue weighted by Gasteiger charge is 2.41. The van der Waals surface area contributed by atoms with Crippen molar-refractivity contribution in [1.82, 2.24) is 14.2 Å². The van der Waals surface area contributed by atoms with Crippen molar-refractivity contribution in [2.45, 2.75) is 29.5 Å². The summed E-state index contributed by atoms with van der Waals surface area (Å²) in [4.78, 5) is 22.1. The van der Waals surface area contributed by atoms with Crippen LogP contribution in [0.15, 0.2) is 34.5 Å². The largest absolute Gasteiger partial charge is 0.308 e. The third-order valence-corrected chi connectivity index (χ3v) is 10.3. The van der Waals surface area contributed by atoms with E-state index in [-0.39, 0.29) is 10.1 Å². The number of likely N-dealkylation sites (N-methyl/N-ethyl adjacent to an activating group) is 1. The Morgan fingerprint density at radius 1 is 1.15 bits per heavy atom. The standard InChI is InChI=1S/C21H24Cl2N4O3S3/c1-25(2)11-12-26(21-24-15-7-6-14(22)13-17(15)31-21)20(28)16-5-3-4-10-27(16)33(29,30)19-9-8-18(23)32-19/h6-9,13,16H,3-5,10-12H2,1-2H3. The van der Waals surface area contributed by atoms with E-state index in [1.165, 1.54) is 21.7 Å². The van der Waals surface area contributed by atoms with Gasteiger partial charge in [-0.3, -0.25) is 9.69 Å². The van der Waals surface area contributed by atoms with Gasteiger partial charge in [-0.1, -0.05) is 41.0 Å². The smallest absolute Gasteiger partial charge is 0.253 e. The van der Waals surface area contributed by atoms with Crippen LogP contribution in [-0.4, -0.2) is 68.3 Å². The van der Waals surface area contributed by atoms with Gasteiger partial charge in [-0.15, -0.1) is 11.3 Å². The van der Waals surface area contributed by atoms with Crippen molar-refractivity contribution in [2.24, 2.45) is 0 Å². The van der Waals surface area contributed by atoms with Crippen LogP contribution in [-0.2, 0) is 14.8 Å². The van der Waals surface area contributed by atoms with Crippen LogP contribution in [0, 0.1) is 0 Å². The maximum absolute atomic E-state index is 13.9. The van der Waals surface area contributed by atoms with Gasteiger partial charge in [0, 0.05) is 24.7 Å². The molecule has 2 aromatic heterocycles. The number of amides is 1. The number of benzene rings is 1. The Bertz CT molecular complexity index is 1260. The minimum absolute atomic E-state index is 0.154. The molecule has 1 unspecified atom stereocenters. The zero-order valence-electron chi connectivity index (χ0n) is 18.2. The van der Waals surface area contributed by atoms with Crippen molar-refractivity contribution in [3.8, 4) is 0 Å². The highest BCUT2D eigenvalue weighted by atomic mass is 35.5. The monoisotopic (exact) mass is 546 g/mol. The van der Waals surface area contributed by atoms with Gasteiger partial charge in [0.1, 0.15) is 10.3 Å². The molecule has 1 fully saturated rings. The molecular weight excluding hydrogens is 523 g/mol. The molecule has 1 saturated heterocycles. The molecule has 1 aromatic carbocycles. The fraction of sp³-hybridized carbons (Fsp3) is 0.429. The first-order valence-corrected chi connectivity index (χ1v) is 14.3. The molecule has 12 heteroatoms. The van der Waals surface area contributed by atoms with E-state index in [1.807, 2.05) is 31.1 Å². The van der Waals surface area contributed by atoms with Crippen molar-refractivity contribution >= 4 is 77.2 Å². The second-order valence-corrected chi connectivity index (χ2v) is 13.4. The molecule has 0 spiro atoms. The number of hydrogen-bond donors (Lipinski definition) is 0. The molecule has 4 rings (SSSR count). The van der Waals surface area contributed by atoms with Crippen molar-refractivity contribution < 1.29 is 13.2 Å². The van der Waals surface area contributed by atoms with E-state index in [2.05, 4.69) is 4.98 Å². The average Bonchev–Trinajstić information content (AvgIpc) is 3.39. The van der Waals surface area contributed by atoms with Crippen LogP contribution in [0.4, 0.5) is 5.13 Å². The molecule has 1 atom stereocenters. The molecule has 0 aliphatic carbocycles. The Labute approximate surface area is 211 Å². The van der Waals surface area contributed by atoms with Crippen molar-refractivity contribution in [3.05, 3.63) is 39.7 Å². The Balaban J connectivity index is 1.70. The number of piperidine rings is 1.